The van der Waals surface area contributed by atoms with Gasteiger partial charge in [0, 0.05) is 12.5 Å². The second-order valence-electron chi connectivity index (χ2n) is 6.09. The van der Waals surface area contributed by atoms with Crippen molar-refractivity contribution in [3.8, 4) is 5.75 Å². The standard InChI is InChI=1S/C19H23NO6/c1-12(9-13(2)10-18(23)24)3-8-17(22)20-16(19(25)26)11-14-4-6-15(21)7-5-14/h3-9,13,16,21H,10-11H2,1-2H3,(H,20,22)(H,23,24)(H,25,26)/b8-3+,12-9+/t13-,16?/m0/s1. The Hall–Kier alpha value is -3.09. The summed E-state index contributed by atoms with van der Waals surface area (Å²) >= 11 is 0. The maximum Gasteiger partial charge on any atom is 0.326 e. The molecule has 1 rings (SSSR count). The number of carbonyl (C=O) groups is 3. The van der Waals surface area contributed by atoms with Crippen molar-refractivity contribution in [2.24, 2.45) is 5.92 Å². The number of rotatable bonds is 9. The molecule has 1 aromatic rings. The van der Waals surface area contributed by atoms with Crippen LogP contribution in [0, 0.1) is 5.92 Å². The highest BCUT2D eigenvalue weighted by atomic mass is 16.4. The molecule has 0 radical (unpaired) electrons. The summed E-state index contributed by atoms with van der Waals surface area (Å²) in [4.78, 5) is 33.9. The van der Waals surface area contributed by atoms with Gasteiger partial charge in [0.1, 0.15) is 11.8 Å². The van der Waals surface area contributed by atoms with E-state index in [0.717, 1.165) is 0 Å². The molecule has 0 spiro atoms. The number of aliphatic carboxylic acids is 2. The highest BCUT2D eigenvalue weighted by molar-refractivity contribution is 5.91. The fraction of sp³-hybridized carbons (Fsp3) is 0.316. The average Bonchev–Trinajstić information content (AvgIpc) is 2.53. The second kappa shape index (κ2) is 10.0. The first-order chi connectivity index (χ1) is 12.2. The molecule has 0 aromatic heterocycles. The van der Waals surface area contributed by atoms with Gasteiger partial charge in [-0.05, 0) is 30.5 Å². The molecule has 4 N–H and O–H groups in total. The molecule has 0 saturated carbocycles. The SMILES string of the molecule is CC(/C=C/C(=O)NC(Cc1ccc(O)cc1)C(=O)O)=C\[C@H](C)CC(=O)O. The quantitative estimate of drug-likeness (QED) is 0.394. The summed E-state index contributed by atoms with van der Waals surface area (Å²) in [5.41, 5.74) is 1.37. The normalized spacial score (nSPS) is 14.0. The molecule has 1 aromatic carbocycles. The number of nitrogens with one attached hydrogen (secondary N) is 1. The van der Waals surface area contributed by atoms with Crippen LogP contribution >= 0.6 is 0 Å². The van der Waals surface area contributed by atoms with Gasteiger partial charge in [-0.1, -0.05) is 36.8 Å². The Bertz CT molecular complexity index is 705. The molecule has 0 aliphatic carbocycles. The number of aromatic hydroxyl groups is 1. The van der Waals surface area contributed by atoms with E-state index < -0.39 is 23.9 Å². The minimum absolute atomic E-state index is 0.00883. The number of carboxylic acid groups (broad SMARTS) is 2. The summed E-state index contributed by atoms with van der Waals surface area (Å²) in [7, 11) is 0. The Morgan fingerprint density at radius 2 is 1.73 bits per heavy atom. The van der Waals surface area contributed by atoms with Crippen molar-refractivity contribution in [2.45, 2.75) is 32.7 Å². The fourth-order valence-corrected chi connectivity index (χ4v) is 2.33. The monoisotopic (exact) mass is 361 g/mol. The number of carbonyl (C=O) groups excluding carboxylic acids is 1. The first kappa shape index (κ1) is 21.0. The van der Waals surface area contributed by atoms with Gasteiger partial charge in [-0.25, -0.2) is 4.79 Å². The van der Waals surface area contributed by atoms with Gasteiger partial charge < -0.3 is 20.6 Å². The fourth-order valence-electron chi connectivity index (χ4n) is 2.33. The lowest BCUT2D eigenvalue weighted by Gasteiger charge is -2.13. The van der Waals surface area contributed by atoms with Crippen LogP contribution in [0.1, 0.15) is 25.8 Å². The lowest BCUT2D eigenvalue weighted by Crippen LogP contribution is -2.41. The van der Waals surface area contributed by atoms with Crippen LogP contribution in [-0.2, 0) is 20.8 Å². The van der Waals surface area contributed by atoms with Crippen molar-refractivity contribution in [2.75, 3.05) is 0 Å². The molecular formula is C19H23NO6. The molecule has 0 heterocycles. The number of carboxylic acids is 2. The van der Waals surface area contributed by atoms with Crippen LogP contribution in [0.3, 0.4) is 0 Å². The summed E-state index contributed by atoms with van der Waals surface area (Å²) in [6.45, 7) is 3.48. The summed E-state index contributed by atoms with van der Waals surface area (Å²) in [6.07, 6.45) is 4.52. The lowest BCUT2D eigenvalue weighted by molar-refractivity contribution is -0.141. The van der Waals surface area contributed by atoms with Gasteiger partial charge in [-0.3, -0.25) is 9.59 Å². The van der Waals surface area contributed by atoms with Gasteiger partial charge >= 0.3 is 11.9 Å². The van der Waals surface area contributed by atoms with Gasteiger partial charge in [0.25, 0.3) is 0 Å². The van der Waals surface area contributed by atoms with E-state index in [-0.39, 0.29) is 24.5 Å². The zero-order valence-electron chi connectivity index (χ0n) is 14.7. The smallest absolute Gasteiger partial charge is 0.326 e. The number of phenols is 1. The first-order valence-electron chi connectivity index (χ1n) is 8.07. The van der Waals surface area contributed by atoms with Crippen LogP contribution in [-0.4, -0.2) is 39.2 Å². The van der Waals surface area contributed by atoms with Crippen LogP contribution in [0.2, 0.25) is 0 Å². The van der Waals surface area contributed by atoms with Gasteiger partial charge in [0.2, 0.25) is 5.91 Å². The topological polar surface area (TPSA) is 124 Å². The van der Waals surface area contributed by atoms with Crippen molar-refractivity contribution in [1.29, 1.82) is 0 Å². The number of benzene rings is 1. The Morgan fingerprint density at radius 3 is 2.27 bits per heavy atom. The minimum atomic E-state index is -1.16. The third kappa shape index (κ3) is 8.14. The minimum Gasteiger partial charge on any atom is -0.508 e. The van der Waals surface area contributed by atoms with Gasteiger partial charge in [-0.15, -0.1) is 0 Å². The van der Waals surface area contributed by atoms with Crippen molar-refractivity contribution in [3.05, 3.63) is 53.6 Å². The molecule has 7 nitrogen and oxygen atoms in total. The summed E-state index contributed by atoms with van der Waals surface area (Å²) in [5.74, 6) is -2.73. The number of hydrogen-bond donors (Lipinski definition) is 4. The van der Waals surface area contributed by atoms with E-state index in [0.29, 0.717) is 11.1 Å². The second-order valence-corrected chi connectivity index (χ2v) is 6.09. The first-order valence-corrected chi connectivity index (χ1v) is 8.07. The van der Waals surface area contributed by atoms with E-state index in [4.69, 9.17) is 5.11 Å². The molecule has 0 saturated heterocycles. The van der Waals surface area contributed by atoms with Crippen molar-refractivity contribution >= 4 is 17.8 Å². The summed E-state index contributed by atoms with van der Waals surface area (Å²) < 4.78 is 0. The molecule has 0 aliphatic rings. The summed E-state index contributed by atoms with van der Waals surface area (Å²) in [6, 6.07) is 4.96. The molecule has 0 aliphatic heterocycles. The Labute approximate surface area is 151 Å². The van der Waals surface area contributed by atoms with E-state index in [2.05, 4.69) is 5.32 Å². The molecule has 1 amide bonds. The number of hydrogen-bond acceptors (Lipinski definition) is 4. The van der Waals surface area contributed by atoms with Gasteiger partial charge in [0.15, 0.2) is 0 Å². The number of amides is 1. The number of allylic oxidation sites excluding steroid dienone is 3. The van der Waals surface area contributed by atoms with E-state index in [1.165, 1.54) is 24.3 Å². The molecule has 7 heteroatoms. The third-order valence-corrected chi connectivity index (χ3v) is 3.53. The van der Waals surface area contributed by atoms with E-state index >= 15 is 0 Å². The predicted octanol–water partition coefficient (Wildman–Crippen LogP) is 2.12. The number of phenolic OH excluding ortho intramolecular Hbond substituents is 1. The van der Waals surface area contributed by atoms with E-state index in [1.54, 1.807) is 32.1 Å². The molecule has 2 atom stereocenters. The van der Waals surface area contributed by atoms with Crippen LogP contribution in [0.15, 0.2) is 48.1 Å². The Balaban J connectivity index is 2.66. The zero-order valence-corrected chi connectivity index (χ0v) is 14.7. The average molecular weight is 361 g/mol. The molecular weight excluding hydrogens is 338 g/mol. The van der Waals surface area contributed by atoms with Crippen LogP contribution < -0.4 is 5.32 Å². The van der Waals surface area contributed by atoms with E-state index in [9.17, 15) is 24.6 Å². The molecule has 26 heavy (non-hydrogen) atoms. The molecule has 1 unspecified atom stereocenters. The maximum atomic E-state index is 11.9. The van der Waals surface area contributed by atoms with Gasteiger partial charge in [0.05, 0.1) is 6.42 Å². The Morgan fingerprint density at radius 1 is 1.12 bits per heavy atom. The maximum absolute atomic E-state index is 11.9. The van der Waals surface area contributed by atoms with Crippen LogP contribution in [0.4, 0.5) is 0 Å². The summed E-state index contributed by atoms with van der Waals surface area (Å²) in [5, 5.41) is 29.6. The van der Waals surface area contributed by atoms with Crippen molar-refractivity contribution < 1.29 is 29.7 Å². The highest BCUT2D eigenvalue weighted by Gasteiger charge is 2.19. The van der Waals surface area contributed by atoms with Crippen molar-refractivity contribution in [1.82, 2.24) is 5.32 Å². The zero-order chi connectivity index (χ0) is 19.7. The lowest BCUT2D eigenvalue weighted by atomic mass is 10.0. The molecule has 0 bridgehead atoms. The van der Waals surface area contributed by atoms with Crippen molar-refractivity contribution in [3.63, 3.8) is 0 Å². The van der Waals surface area contributed by atoms with Crippen LogP contribution in [0.5, 0.6) is 5.75 Å². The predicted molar refractivity (Wildman–Crippen MR) is 95.7 cm³/mol. The van der Waals surface area contributed by atoms with Gasteiger partial charge in [-0.2, -0.15) is 0 Å². The van der Waals surface area contributed by atoms with E-state index in [1.807, 2.05) is 0 Å². The third-order valence-electron chi connectivity index (χ3n) is 3.53. The van der Waals surface area contributed by atoms with Crippen LogP contribution in [0.25, 0.3) is 0 Å². The molecule has 0 fully saturated rings. The largest absolute Gasteiger partial charge is 0.508 e. The Kier molecular flexibility index (Phi) is 8.08. The highest BCUT2D eigenvalue weighted by Crippen LogP contribution is 2.12. The molecule has 140 valence electrons.